The average molecular weight is 414 g/mol. The fourth-order valence-electron chi connectivity index (χ4n) is 4.29. The van der Waals surface area contributed by atoms with E-state index in [4.69, 9.17) is 0 Å². The van der Waals surface area contributed by atoms with Gasteiger partial charge in [0.25, 0.3) is 0 Å². The molecular weight excluding hydrogens is 387 g/mol. The maximum atomic E-state index is 14.6. The molecule has 2 saturated heterocycles. The molecule has 4 rings (SSSR count). The Kier molecular flexibility index (Phi) is 5.96. The Morgan fingerprint density at radius 2 is 2.03 bits per heavy atom. The molecule has 0 radical (unpaired) electrons. The molecule has 2 aromatic heterocycles. The van der Waals surface area contributed by atoms with Crippen molar-refractivity contribution in [3.63, 3.8) is 0 Å². The van der Waals surface area contributed by atoms with Gasteiger partial charge in [-0.15, -0.1) is 0 Å². The van der Waals surface area contributed by atoms with Crippen molar-refractivity contribution in [3.05, 3.63) is 46.3 Å². The van der Waals surface area contributed by atoms with E-state index in [1.54, 1.807) is 13.1 Å². The van der Waals surface area contributed by atoms with E-state index in [0.29, 0.717) is 31.4 Å². The van der Waals surface area contributed by atoms with Crippen LogP contribution in [0.5, 0.6) is 0 Å². The normalized spacial score (nSPS) is 20.3. The van der Waals surface area contributed by atoms with Gasteiger partial charge in [-0.3, -0.25) is 9.59 Å². The molecule has 2 aromatic rings. The first-order chi connectivity index (χ1) is 14.5. The molecule has 0 saturated carbocycles. The zero-order valence-corrected chi connectivity index (χ0v) is 17.1. The smallest absolute Gasteiger partial charge is 0.247 e. The lowest BCUT2D eigenvalue weighted by atomic mass is 9.92. The van der Waals surface area contributed by atoms with Crippen LogP contribution in [0.2, 0.25) is 0 Å². The Morgan fingerprint density at radius 3 is 2.73 bits per heavy atom. The quantitative estimate of drug-likeness (QED) is 0.796. The van der Waals surface area contributed by atoms with Gasteiger partial charge >= 0.3 is 0 Å². The first-order valence-corrected chi connectivity index (χ1v) is 10.5. The maximum Gasteiger partial charge on any atom is 0.247 e. The number of rotatable bonds is 4. The van der Waals surface area contributed by atoms with Crippen LogP contribution in [0, 0.1) is 5.82 Å². The van der Waals surface area contributed by atoms with E-state index in [0.717, 1.165) is 37.8 Å². The van der Waals surface area contributed by atoms with Crippen LogP contribution in [0.4, 0.5) is 16.2 Å². The Hall–Kier alpha value is -2.97. The molecule has 2 aliphatic heterocycles. The molecule has 4 heterocycles. The number of pyridine rings is 1. The van der Waals surface area contributed by atoms with Gasteiger partial charge in [-0.1, -0.05) is 6.07 Å². The van der Waals surface area contributed by atoms with Crippen LogP contribution < -0.4 is 15.8 Å². The summed E-state index contributed by atoms with van der Waals surface area (Å²) >= 11 is 0. The van der Waals surface area contributed by atoms with Crippen LogP contribution in [0.15, 0.2) is 29.3 Å². The molecule has 2 fully saturated rings. The highest BCUT2D eigenvalue weighted by atomic mass is 19.1. The predicted octanol–water partition coefficient (Wildman–Crippen LogP) is 2.11. The number of aromatic amines is 1. The second-order valence-corrected chi connectivity index (χ2v) is 8.06. The lowest BCUT2D eigenvalue weighted by Gasteiger charge is -2.34. The number of nitrogens with one attached hydrogen (secondary N) is 2. The molecule has 30 heavy (non-hydrogen) atoms. The van der Waals surface area contributed by atoms with Crippen LogP contribution in [0.1, 0.15) is 44.1 Å². The highest BCUT2D eigenvalue weighted by Gasteiger charge is 2.26. The number of amides is 1. The van der Waals surface area contributed by atoms with E-state index in [1.165, 1.54) is 12.3 Å². The van der Waals surface area contributed by atoms with E-state index in [9.17, 15) is 14.0 Å². The lowest BCUT2D eigenvalue weighted by molar-refractivity contribution is -0.129. The van der Waals surface area contributed by atoms with E-state index >= 15 is 0 Å². The standard InChI is InChI=1S/C21H27FN6O2/c1-14(29)27-9-6-17(7-10-27)25-21-24-12-18(22)20(26-21)28-8-2-3-16(13-28)15-4-5-19(30)23-11-15/h4-5,11-12,16-17H,2-3,6-10,13H2,1H3,(H,23,30)(H,24,25,26). The van der Waals surface area contributed by atoms with Gasteiger partial charge in [0, 0.05) is 57.3 Å². The molecule has 2 N–H and O–H groups in total. The molecule has 160 valence electrons. The van der Waals surface area contributed by atoms with Crippen LogP contribution >= 0.6 is 0 Å². The molecule has 0 aromatic carbocycles. The molecule has 8 nitrogen and oxygen atoms in total. The second-order valence-electron chi connectivity index (χ2n) is 8.06. The zero-order chi connectivity index (χ0) is 21.1. The van der Waals surface area contributed by atoms with Gasteiger partial charge in [0.15, 0.2) is 11.6 Å². The highest BCUT2D eigenvalue weighted by molar-refractivity contribution is 5.73. The summed E-state index contributed by atoms with van der Waals surface area (Å²) in [6.45, 7) is 4.35. The SMILES string of the molecule is CC(=O)N1CCC(Nc2ncc(F)c(N3CCCC(c4ccc(=O)[nH]c4)C3)n2)CC1. The fourth-order valence-corrected chi connectivity index (χ4v) is 4.29. The summed E-state index contributed by atoms with van der Waals surface area (Å²) in [5.41, 5.74) is 0.919. The summed E-state index contributed by atoms with van der Waals surface area (Å²) in [5, 5.41) is 3.30. The Labute approximate surface area is 174 Å². The molecular formula is C21H27FN6O2. The average Bonchev–Trinajstić information content (AvgIpc) is 2.76. The van der Waals surface area contributed by atoms with E-state index in [-0.39, 0.29) is 23.4 Å². The van der Waals surface area contributed by atoms with Gasteiger partial charge in [0.2, 0.25) is 17.4 Å². The summed E-state index contributed by atoms with van der Waals surface area (Å²) in [7, 11) is 0. The molecule has 1 unspecified atom stereocenters. The van der Waals surface area contributed by atoms with Crippen LogP contribution in [0.25, 0.3) is 0 Å². The Bertz CT molecular complexity index is 936. The Morgan fingerprint density at radius 1 is 1.23 bits per heavy atom. The van der Waals surface area contributed by atoms with Gasteiger partial charge in [-0.25, -0.2) is 9.37 Å². The van der Waals surface area contributed by atoms with Crippen molar-refractivity contribution in [2.45, 2.75) is 44.6 Å². The number of piperidine rings is 2. The minimum absolute atomic E-state index is 0.0934. The monoisotopic (exact) mass is 414 g/mol. The van der Waals surface area contributed by atoms with Crippen LogP contribution in [-0.4, -0.2) is 58.0 Å². The number of hydrogen-bond donors (Lipinski definition) is 2. The number of halogens is 1. The van der Waals surface area contributed by atoms with Gasteiger partial charge in [0.05, 0.1) is 6.20 Å². The first kappa shape index (κ1) is 20.3. The van der Waals surface area contributed by atoms with Crippen LogP contribution in [-0.2, 0) is 4.79 Å². The summed E-state index contributed by atoms with van der Waals surface area (Å²) in [4.78, 5) is 37.9. The number of anilines is 2. The second kappa shape index (κ2) is 8.81. The topological polar surface area (TPSA) is 94.2 Å². The first-order valence-electron chi connectivity index (χ1n) is 10.5. The van der Waals surface area contributed by atoms with E-state index in [1.807, 2.05) is 15.9 Å². The predicted molar refractivity (Wildman–Crippen MR) is 112 cm³/mol. The van der Waals surface area contributed by atoms with Crippen molar-refractivity contribution in [2.24, 2.45) is 0 Å². The molecule has 1 amide bonds. The third kappa shape index (κ3) is 4.60. The number of H-pyrrole nitrogens is 1. The zero-order valence-electron chi connectivity index (χ0n) is 17.1. The van der Waals surface area contributed by atoms with E-state index < -0.39 is 5.82 Å². The molecule has 9 heteroatoms. The van der Waals surface area contributed by atoms with Crippen molar-refractivity contribution in [2.75, 3.05) is 36.4 Å². The minimum Gasteiger partial charge on any atom is -0.353 e. The van der Waals surface area contributed by atoms with E-state index in [2.05, 4.69) is 20.3 Å². The third-order valence-electron chi connectivity index (χ3n) is 6.00. The molecule has 0 bridgehead atoms. The summed E-state index contributed by atoms with van der Waals surface area (Å²) < 4.78 is 14.6. The van der Waals surface area contributed by atoms with Gasteiger partial charge in [-0.05, 0) is 31.2 Å². The number of aromatic nitrogens is 3. The lowest BCUT2D eigenvalue weighted by Crippen LogP contribution is -2.41. The summed E-state index contributed by atoms with van der Waals surface area (Å²) in [6.07, 6.45) is 6.49. The minimum atomic E-state index is -0.436. The van der Waals surface area contributed by atoms with Gasteiger partial charge < -0.3 is 20.1 Å². The number of carbonyl (C=O) groups excluding carboxylic acids is 1. The molecule has 1 atom stereocenters. The van der Waals surface area contributed by atoms with Crippen molar-refractivity contribution in [3.8, 4) is 0 Å². The van der Waals surface area contributed by atoms with Crippen molar-refractivity contribution in [1.82, 2.24) is 19.9 Å². The molecule has 0 aliphatic carbocycles. The fraction of sp³-hybridized carbons (Fsp3) is 0.524. The third-order valence-corrected chi connectivity index (χ3v) is 6.00. The largest absolute Gasteiger partial charge is 0.353 e. The molecule has 2 aliphatic rings. The number of carbonyl (C=O) groups is 1. The van der Waals surface area contributed by atoms with Gasteiger partial charge in [0.1, 0.15) is 0 Å². The maximum absolute atomic E-state index is 14.6. The van der Waals surface area contributed by atoms with Crippen molar-refractivity contribution < 1.29 is 9.18 Å². The number of nitrogens with zero attached hydrogens (tertiary/aromatic N) is 4. The summed E-state index contributed by atoms with van der Waals surface area (Å²) in [5.74, 6) is 0.587. The van der Waals surface area contributed by atoms with Crippen molar-refractivity contribution >= 4 is 17.7 Å². The number of likely N-dealkylation sites (tertiary alicyclic amines) is 1. The van der Waals surface area contributed by atoms with Crippen molar-refractivity contribution in [1.29, 1.82) is 0 Å². The summed E-state index contributed by atoms with van der Waals surface area (Å²) in [6, 6.07) is 3.53. The van der Waals surface area contributed by atoms with Gasteiger partial charge in [-0.2, -0.15) is 4.98 Å². The Balaban J connectivity index is 1.44. The highest BCUT2D eigenvalue weighted by Crippen LogP contribution is 2.30. The molecule has 0 spiro atoms. The van der Waals surface area contributed by atoms with Crippen LogP contribution in [0.3, 0.4) is 0 Å². The number of hydrogen-bond acceptors (Lipinski definition) is 6.